The van der Waals surface area contributed by atoms with Crippen LogP contribution >= 0.6 is 22.7 Å². The third kappa shape index (κ3) is 11.1. The second-order valence-electron chi connectivity index (χ2n) is 9.57. The fourth-order valence-electron chi connectivity index (χ4n) is 3.91. The number of thiazole rings is 2. The van der Waals surface area contributed by atoms with Crippen molar-refractivity contribution in [2.45, 2.75) is 0 Å². The van der Waals surface area contributed by atoms with Crippen LogP contribution in [0.15, 0.2) is 130 Å². The predicted octanol–water partition coefficient (Wildman–Crippen LogP) is 7.34. The number of benzene rings is 4. The number of aromatic nitrogens is 2. The average Bonchev–Trinajstić information content (AvgIpc) is 3.78. The number of phenolic OH excluding ortho intramolecular Hbond substituents is 2. The Morgan fingerprint density at radius 2 is 0.939 bits per heavy atom. The van der Waals surface area contributed by atoms with Crippen LogP contribution in [0, 0.1) is 0 Å². The fraction of sp³-hybridized carbons (Fsp3) is 0. The van der Waals surface area contributed by atoms with Crippen LogP contribution in [0.4, 0.5) is 19.9 Å². The zero-order valence-corrected chi connectivity index (χ0v) is 28.0. The van der Waals surface area contributed by atoms with Crippen LogP contribution < -0.4 is 21.5 Å². The molecule has 4 aromatic carbocycles. The van der Waals surface area contributed by atoms with Gasteiger partial charge in [0, 0.05) is 49.5 Å². The Morgan fingerprint density at radius 1 is 0.571 bits per heavy atom. The van der Waals surface area contributed by atoms with Crippen molar-refractivity contribution in [3.8, 4) is 34.0 Å². The number of rotatable bonds is 8. The van der Waals surface area contributed by atoms with Crippen LogP contribution in [0.2, 0.25) is 0 Å². The molecule has 250 valence electrons. The predicted molar refractivity (Wildman–Crippen MR) is 191 cm³/mol. The Labute approximate surface area is 299 Å². The maximum atomic E-state index is 11.8. The van der Waals surface area contributed by atoms with Crippen LogP contribution in [-0.2, 0) is 16.5 Å². The molecule has 6 rings (SSSR count). The second kappa shape index (κ2) is 18.5. The van der Waals surface area contributed by atoms with Gasteiger partial charge in [0.25, 0.3) is 0 Å². The number of nitrogens with one attached hydrogen (secondary N) is 4. The van der Waals surface area contributed by atoms with Crippen molar-refractivity contribution >= 4 is 57.4 Å². The van der Waals surface area contributed by atoms with Crippen LogP contribution in [0.3, 0.4) is 0 Å². The molecule has 0 atom stereocenters. The standard InChI is InChI=1S/2C17H14N4O2S.Ni/c2*22-15-9-5-4-8-13(15)10-18-21-16(23)20-17-19-14(11-24-17)12-6-2-1-3-7-12;/h2*1-11,22H,(H2,19,20,21,23);/b2*18-10-;. The minimum absolute atomic E-state index is 0. The van der Waals surface area contributed by atoms with Crippen molar-refractivity contribution in [1.29, 1.82) is 0 Å². The molecule has 0 aliphatic heterocycles. The van der Waals surface area contributed by atoms with E-state index in [0.29, 0.717) is 21.4 Å². The Balaban J connectivity index is 0.000000216. The van der Waals surface area contributed by atoms with Gasteiger partial charge in [0.05, 0.1) is 23.8 Å². The molecule has 0 bridgehead atoms. The molecule has 49 heavy (non-hydrogen) atoms. The molecule has 0 aliphatic rings. The van der Waals surface area contributed by atoms with Gasteiger partial charge >= 0.3 is 12.1 Å². The first-order valence-electron chi connectivity index (χ1n) is 14.2. The van der Waals surface area contributed by atoms with Crippen molar-refractivity contribution in [1.82, 2.24) is 20.8 Å². The van der Waals surface area contributed by atoms with Gasteiger partial charge in [-0.05, 0) is 24.3 Å². The number of hydrogen-bond donors (Lipinski definition) is 6. The van der Waals surface area contributed by atoms with Crippen LogP contribution in [0.25, 0.3) is 22.5 Å². The Hall–Kier alpha value is -5.89. The quantitative estimate of drug-likeness (QED) is 0.0542. The number of nitrogens with zero attached hydrogens (tertiary/aromatic N) is 4. The maximum Gasteiger partial charge on any atom is 0.341 e. The van der Waals surface area contributed by atoms with Gasteiger partial charge in [0.2, 0.25) is 0 Å². The van der Waals surface area contributed by atoms with Crippen molar-refractivity contribution in [3.63, 3.8) is 0 Å². The van der Waals surface area contributed by atoms with Gasteiger partial charge in [-0.25, -0.2) is 30.4 Å². The van der Waals surface area contributed by atoms with Crippen molar-refractivity contribution in [3.05, 3.63) is 131 Å². The van der Waals surface area contributed by atoms with Crippen molar-refractivity contribution < 1.29 is 36.3 Å². The fourth-order valence-corrected chi connectivity index (χ4v) is 5.34. The second-order valence-corrected chi connectivity index (χ2v) is 11.3. The molecule has 0 aliphatic carbocycles. The van der Waals surface area contributed by atoms with Crippen molar-refractivity contribution in [2.75, 3.05) is 10.6 Å². The number of urea groups is 2. The van der Waals surface area contributed by atoms with E-state index < -0.39 is 12.1 Å². The summed E-state index contributed by atoms with van der Waals surface area (Å²) in [6, 6.07) is 31.8. The molecule has 2 aromatic heterocycles. The largest absolute Gasteiger partial charge is 0.507 e. The summed E-state index contributed by atoms with van der Waals surface area (Å²) in [5.41, 5.74) is 9.26. The van der Waals surface area contributed by atoms with E-state index in [1.165, 1.54) is 35.1 Å². The van der Waals surface area contributed by atoms with E-state index >= 15 is 0 Å². The summed E-state index contributed by atoms with van der Waals surface area (Å²) in [6.45, 7) is 0. The van der Waals surface area contributed by atoms with Crippen LogP contribution in [0.1, 0.15) is 11.1 Å². The van der Waals surface area contributed by atoms with Gasteiger partial charge in [-0.2, -0.15) is 10.2 Å². The van der Waals surface area contributed by atoms with Gasteiger partial charge in [0.15, 0.2) is 10.3 Å². The summed E-state index contributed by atoms with van der Waals surface area (Å²) in [6.07, 6.45) is 2.73. The third-order valence-electron chi connectivity index (χ3n) is 6.20. The van der Waals surface area contributed by atoms with Crippen LogP contribution in [-0.4, -0.2) is 44.7 Å². The number of hydrazone groups is 2. The minimum atomic E-state index is -0.504. The van der Waals surface area contributed by atoms with E-state index in [4.69, 9.17) is 0 Å². The normalized spacial score (nSPS) is 10.4. The molecule has 2 heterocycles. The number of aromatic hydroxyl groups is 2. The summed E-state index contributed by atoms with van der Waals surface area (Å²) in [7, 11) is 0. The number of carbonyl (C=O) groups excluding carboxylic acids is 2. The first-order valence-corrected chi connectivity index (χ1v) is 16.0. The molecule has 4 amide bonds. The maximum absolute atomic E-state index is 11.8. The molecule has 0 spiro atoms. The van der Waals surface area contributed by atoms with E-state index in [2.05, 4.69) is 41.7 Å². The summed E-state index contributed by atoms with van der Waals surface area (Å²) in [4.78, 5) is 32.3. The molecule has 15 heteroatoms. The third-order valence-corrected chi connectivity index (χ3v) is 7.72. The number of hydrogen-bond acceptors (Lipinski definition) is 10. The molecule has 6 N–H and O–H groups in total. The summed E-state index contributed by atoms with van der Waals surface area (Å²) < 4.78 is 0. The van der Waals surface area contributed by atoms with Gasteiger partial charge < -0.3 is 10.2 Å². The monoisotopic (exact) mass is 734 g/mol. The van der Waals surface area contributed by atoms with Crippen molar-refractivity contribution in [2.24, 2.45) is 10.2 Å². The van der Waals surface area contributed by atoms with E-state index in [0.717, 1.165) is 22.5 Å². The molecular formula is C34H28N8NiO4S2. The van der Waals surface area contributed by atoms with E-state index in [9.17, 15) is 19.8 Å². The average molecular weight is 735 g/mol. The smallest absolute Gasteiger partial charge is 0.341 e. The summed E-state index contributed by atoms with van der Waals surface area (Å²) >= 11 is 2.66. The Bertz CT molecular complexity index is 1880. The molecular weight excluding hydrogens is 707 g/mol. The Kier molecular flexibility index (Phi) is 13.5. The molecule has 0 radical (unpaired) electrons. The number of phenols is 2. The van der Waals surface area contributed by atoms with E-state index in [-0.39, 0.29) is 28.0 Å². The van der Waals surface area contributed by atoms with Gasteiger partial charge in [-0.1, -0.05) is 84.9 Å². The molecule has 0 unspecified atom stereocenters. The van der Waals surface area contributed by atoms with Gasteiger partial charge in [0.1, 0.15) is 11.5 Å². The van der Waals surface area contributed by atoms with Gasteiger partial charge in [-0.15, -0.1) is 22.7 Å². The SMILES string of the molecule is O=C(N/N=C\c1ccccc1O)Nc1nc(-c2ccccc2)cs1.O=C(N/N=C\c1ccccc1O)Nc1nc(-c2ccccc2)cs1.[Ni]. The van der Waals surface area contributed by atoms with E-state index in [1.807, 2.05) is 71.4 Å². The first kappa shape index (κ1) is 36.0. The summed E-state index contributed by atoms with van der Waals surface area (Å²) in [5.74, 6) is 0.187. The zero-order chi connectivity index (χ0) is 33.6. The Morgan fingerprint density at radius 3 is 1.33 bits per heavy atom. The topological polar surface area (TPSA) is 173 Å². The molecule has 0 saturated heterocycles. The van der Waals surface area contributed by atoms with Gasteiger partial charge in [-0.3, -0.25) is 10.6 Å². The first-order chi connectivity index (χ1) is 23.4. The number of carbonyl (C=O) groups is 2. The molecule has 0 fully saturated rings. The number of anilines is 2. The molecule has 6 aromatic rings. The molecule has 0 saturated carbocycles. The van der Waals surface area contributed by atoms with E-state index in [1.54, 1.807) is 48.5 Å². The molecule has 12 nitrogen and oxygen atoms in total. The zero-order valence-electron chi connectivity index (χ0n) is 25.3. The minimum Gasteiger partial charge on any atom is -0.507 e. The number of amides is 4. The number of para-hydroxylation sites is 2. The van der Waals surface area contributed by atoms with Crippen LogP contribution in [0.5, 0.6) is 11.5 Å². The summed E-state index contributed by atoms with van der Waals surface area (Å²) in [5, 5.41) is 36.7.